The fourth-order valence-corrected chi connectivity index (χ4v) is 6.44. The van der Waals surface area contributed by atoms with E-state index in [1.54, 1.807) is 0 Å². The van der Waals surface area contributed by atoms with E-state index in [0.717, 1.165) is 40.7 Å². The second-order valence-electron chi connectivity index (χ2n) is 9.69. The van der Waals surface area contributed by atoms with Gasteiger partial charge < -0.3 is 0 Å². The van der Waals surface area contributed by atoms with E-state index in [2.05, 4.69) is 59.0 Å². The summed E-state index contributed by atoms with van der Waals surface area (Å²) in [5.74, 6) is 0. The molecular weight excluding hydrogens is 428 g/mol. The van der Waals surface area contributed by atoms with E-state index in [1.807, 2.05) is 30.6 Å². The third-order valence-electron chi connectivity index (χ3n) is 7.89. The third kappa shape index (κ3) is 2.15. The molecule has 2 aliphatic carbocycles. The lowest BCUT2D eigenvalue weighted by atomic mass is 9.94. The van der Waals surface area contributed by atoms with Gasteiger partial charge in [0.25, 0.3) is 0 Å². The summed E-state index contributed by atoms with van der Waals surface area (Å²) in [7, 11) is 0. The lowest BCUT2D eigenvalue weighted by Gasteiger charge is -2.13. The van der Waals surface area contributed by atoms with Crippen molar-refractivity contribution in [1.82, 2.24) is 19.4 Å². The van der Waals surface area contributed by atoms with Crippen LogP contribution in [0.4, 0.5) is 0 Å². The van der Waals surface area contributed by atoms with E-state index >= 15 is 0 Å². The van der Waals surface area contributed by atoms with E-state index < -0.39 is 0 Å². The molecule has 35 heavy (non-hydrogen) atoms. The second-order valence-corrected chi connectivity index (χ2v) is 9.69. The van der Waals surface area contributed by atoms with Crippen LogP contribution in [0, 0.1) is 0 Å². The molecule has 162 valence electrons. The van der Waals surface area contributed by atoms with Crippen LogP contribution in [-0.4, -0.2) is 19.4 Å². The first-order valence-electron chi connectivity index (χ1n) is 12.0. The predicted molar refractivity (Wildman–Crippen MR) is 140 cm³/mol. The van der Waals surface area contributed by atoms with Gasteiger partial charge in [-0.15, -0.1) is 0 Å². The Bertz CT molecular complexity index is 2070. The highest BCUT2D eigenvalue weighted by atomic mass is 15.1. The largest absolute Gasteiger partial charge is 0.260 e. The minimum atomic E-state index is 0.855. The Kier molecular flexibility index (Phi) is 3.11. The van der Waals surface area contributed by atoms with E-state index in [9.17, 15) is 0 Å². The summed E-state index contributed by atoms with van der Waals surface area (Å²) in [6.07, 6.45) is 5.64. The van der Waals surface area contributed by atoms with Gasteiger partial charge in [0.15, 0.2) is 5.65 Å². The first-order valence-corrected chi connectivity index (χ1v) is 12.0. The highest BCUT2D eigenvalue weighted by Crippen LogP contribution is 2.48. The number of pyridine rings is 3. The van der Waals surface area contributed by atoms with Crippen molar-refractivity contribution in [2.75, 3.05) is 0 Å². The number of imidazole rings is 1. The fraction of sp³-hybridized carbons (Fsp3) is 0.0645. The van der Waals surface area contributed by atoms with Gasteiger partial charge in [0, 0.05) is 23.2 Å². The average Bonchev–Trinajstić information content (AvgIpc) is 3.58. The molecule has 4 nitrogen and oxygen atoms in total. The molecule has 3 aromatic carbocycles. The zero-order valence-corrected chi connectivity index (χ0v) is 18.8. The van der Waals surface area contributed by atoms with Crippen LogP contribution >= 0.6 is 0 Å². The lowest BCUT2D eigenvalue weighted by molar-refractivity contribution is 1.20. The van der Waals surface area contributed by atoms with Crippen LogP contribution in [0.1, 0.15) is 22.3 Å². The molecule has 0 saturated heterocycles. The van der Waals surface area contributed by atoms with E-state index in [1.165, 1.54) is 55.3 Å². The minimum Gasteiger partial charge on any atom is -0.260 e. The SMILES string of the molecule is c1ccc2c(c1)Cc1cc3c(cc1-2)Cc1ccc2c4cccnc4n4c5ncccc5nc4c2c1-3. The molecule has 4 heteroatoms. The number of hydrogen-bond donors (Lipinski definition) is 0. The first-order chi connectivity index (χ1) is 17.3. The molecule has 0 radical (unpaired) electrons. The van der Waals surface area contributed by atoms with Crippen LogP contribution in [-0.2, 0) is 12.8 Å². The monoisotopic (exact) mass is 446 g/mol. The Hall–Kier alpha value is -4.57. The van der Waals surface area contributed by atoms with Crippen molar-refractivity contribution in [3.63, 3.8) is 0 Å². The van der Waals surface area contributed by atoms with Gasteiger partial charge in [-0.1, -0.05) is 36.4 Å². The van der Waals surface area contributed by atoms with Crippen molar-refractivity contribution < 1.29 is 0 Å². The first kappa shape index (κ1) is 17.8. The summed E-state index contributed by atoms with van der Waals surface area (Å²) in [4.78, 5) is 14.6. The zero-order chi connectivity index (χ0) is 22.7. The van der Waals surface area contributed by atoms with Gasteiger partial charge in [-0.25, -0.2) is 15.0 Å². The Morgan fingerprint density at radius 2 is 1.37 bits per heavy atom. The van der Waals surface area contributed by atoms with E-state index in [-0.39, 0.29) is 0 Å². The van der Waals surface area contributed by atoms with Gasteiger partial charge in [-0.3, -0.25) is 4.40 Å². The molecule has 0 bridgehead atoms. The molecule has 0 aliphatic heterocycles. The van der Waals surface area contributed by atoms with Gasteiger partial charge >= 0.3 is 0 Å². The maximum atomic E-state index is 5.11. The van der Waals surface area contributed by atoms with Crippen molar-refractivity contribution in [2.45, 2.75) is 12.8 Å². The standard InChI is InChI=1S/C31H18N4/c1-2-6-21-17(5-1)13-19-16-25-20(15-24(19)21)14-18-9-10-22-23-7-3-11-32-29(23)35-30-26(8-4-12-33-30)34-31(35)28(22)27(18)25/h1-12,15-16H,13-14H2. The molecule has 2 aliphatic rings. The smallest absolute Gasteiger partial charge is 0.166 e. The lowest BCUT2D eigenvalue weighted by Crippen LogP contribution is -1.96. The zero-order valence-electron chi connectivity index (χ0n) is 18.8. The van der Waals surface area contributed by atoms with E-state index in [0.29, 0.717) is 0 Å². The number of nitrogens with zero attached hydrogens (tertiary/aromatic N) is 4. The minimum absolute atomic E-state index is 0.855. The molecule has 0 unspecified atom stereocenters. The van der Waals surface area contributed by atoms with Gasteiger partial charge in [-0.05, 0) is 99.1 Å². The van der Waals surface area contributed by atoms with E-state index in [4.69, 9.17) is 15.0 Å². The molecule has 9 rings (SSSR count). The van der Waals surface area contributed by atoms with Crippen LogP contribution < -0.4 is 0 Å². The molecule has 0 N–H and O–H groups in total. The number of benzene rings is 3. The Balaban J connectivity index is 1.45. The maximum absolute atomic E-state index is 5.11. The molecule has 4 heterocycles. The molecule has 0 atom stereocenters. The van der Waals surface area contributed by atoms with Crippen LogP contribution in [0.25, 0.3) is 60.9 Å². The molecule has 0 fully saturated rings. The summed E-state index contributed by atoms with van der Waals surface area (Å²) < 4.78 is 2.15. The molecule has 0 amide bonds. The van der Waals surface area contributed by atoms with Gasteiger partial charge in [0.1, 0.15) is 16.8 Å². The van der Waals surface area contributed by atoms with Crippen molar-refractivity contribution in [3.05, 3.63) is 107 Å². The number of aromatic nitrogens is 4. The molecule has 0 spiro atoms. The highest BCUT2D eigenvalue weighted by Gasteiger charge is 2.28. The summed E-state index contributed by atoms with van der Waals surface area (Å²) in [6.45, 7) is 0. The second kappa shape index (κ2) is 6.10. The fourth-order valence-electron chi connectivity index (χ4n) is 6.44. The van der Waals surface area contributed by atoms with Crippen molar-refractivity contribution in [2.24, 2.45) is 0 Å². The van der Waals surface area contributed by atoms with Gasteiger partial charge in [0.2, 0.25) is 0 Å². The Morgan fingerprint density at radius 3 is 2.34 bits per heavy atom. The van der Waals surface area contributed by atoms with Crippen molar-refractivity contribution in [3.8, 4) is 22.3 Å². The van der Waals surface area contributed by atoms with Crippen LogP contribution in [0.5, 0.6) is 0 Å². The van der Waals surface area contributed by atoms with Crippen LogP contribution in [0.2, 0.25) is 0 Å². The number of rotatable bonds is 0. The van der Waals surface area contributed by atoms with Crippen LogP contribution in [0.15, 0.2) is 85.2 Å². The average molecular weight is 447 g/mol. The molecule has 0 saturated carbocycles. The van der Waals surface area contributed by atoms with Crippen molar-refractivity contribution in [1.29, 1.82) is 0 Å². The normalized spacial score (nSPS) is 13.5. The summed E-state index contributed by atoms with van der Waals surface area (Å²) in [5.41, 5.74) is 14.7. The molecular formula is C31H18N4. The Morgan fingerprint density at radius 1 is 0.571 bits per heavy atom. The molecule has 7 aromatic rings. The molecule has 4 aromatic heterocycles. The predicted octanol–water partition coefficient (Wildman–Crippen LogP) is 6.73. The topological polar surface area (TPSA) is 43.1 Å². The maximum Gasteiger partial charge on any atom is 0.166 e. The highest BCUT2D eigenvalue weighted by molar-refractivity contribution is 6.19. The quantitative estimate of drug-likeness (QED) is 0.243. The summed E-state index contributed by atoms with van der Waals surface area (Å²) >= 11 is 0. The van der Waals surface area contributed by atoms with Gasteiger partial charge in [-0.2, -0.15) is 0 Å². The summed E-state index contributed by atoms with van der Waals surface area (Å²) in [6, 6.07) is 26.4. The number of hydrogen-bond acceptors (Lipinski definition) is 3. The van der Waals surface area contributed by atoms with Crippen LogP contribution in [0.3, 0.4) is 0 Å². The number of fused-ring (bicyclic) bond motifs is 15. The van der Waals surface area contributed by atoms with Crippen molar-refractivity contribution >= 4 is 38.6 Å². The third-order valence-corrected chi connectivity index (χ3v) is 7.89. The van der Waals surface area contributed by atoms with Gasteiger partial charge in [0.05, 0.1) is 0 Å². The summed E-state index contributed by atoms with van der Waals surface area (Å²) in [5, 5.41) is 3.53. The Labute approximate surface area is 200 Å².